The smallest absolute Gasteiger partial charge is 0.234 e. The Morgan fingerprint density at radius 2 is 1.88 bits per heavy atom. The molecule has 1 aromatic heterocycles. The van der Waals surface area contributed by atoms with Gasteiger partial charge in [0.1, 0.15) is 0 Å². The van der Waals surface area contributed by atoms with Gasteiger partial charge in [0, 0.05) is 23.1 Å². The molecule has 5 nitrogen and oxygen atoms in total. The van der Waals surface area contributed by atoms with Gasteiger partial charge in [0.15, 0.2) is 5.13 Å². The number of hydrogen-bond acceptors (Lipinski definition) is 4. The lowest BCUT2D eigenvalue weighted by Gasteiger charge is -2.24. The van der Waals surface area contributed by atoms with Gasteiger partial charge in [-0.25, -0.2) is 4.98 Å². The monoisotopic (exact) mass is 349 g/mol. The first kappa shape index (κ1) is 15.5. The molecule has 3 aromatic rings. The normalized spacial score (nSPS) is 16.0. The summed E-state index contributed by atoms with van der Waals surface area (Å²) in [7, 11) is 0. The summed E-state index contributed by atoms with van der Waals surface area (Å²) < 4.78 is 0. The Morgan fingerprint density at radius 1 is 1.12 bits per heavy atom. The van der Waals surface area contributed by atoms with Crippen LogP contribution in [0.4, 0.5) is 10.8 Å². The first-order valence-corrected chi connectivity index (χ1v) is 8.79. The third-order valence-electron chi connectivity index (χ3n) is 4.12. The third-order valence-corrected chi connectivity index (χ3v) is 4.88. The van der Waals surface area contributed by atoms with E-state index >= 15 is 0 Å². The van der Waals surface area contributed by atoms with Crippen LogP contribution in [0.3, 0.4) is 0 Å². The van der Waals surface area contributed by atoms with Crippen molar-refractivity contribution in [2.45, 2.75) is 12.3 Å². The second kappa shape index (κ2) is 6.49. The van der Waals surface area contributed by atoms with E-state index in [2.05, 4.69) is 15.6 Å². The van der Waals surface area contributed by atoms with Crippen LogP contribution >= 0.6 is 11.3 Å². The van der Waals surface area contributed by atoms with Gasteiger partial charge in [0.25, 0.3) is 0 Å². The van der Waals surface area contributed by atoms with Gasteiger partial charge in [-0.2, -0.15) is 0 Å². The van der Waals surface area contributed by atoms with Gasteiger partial charge < -0.3 is 10.6 Å². The molecule has 0 fully saturated rings. The second-order valence-electron chi connectivity index (χ2n) is 5.79. The highest BCUT2D eigenvalue weighted by atomic mass is 32.1. The Kier molecular flexibility index (Phi) is 4.03. The zero-order valence-electron chi connectivity index (χ0n) is 13.2. The molecule has 1 unspecified atom stereocenters. The van der Waals surface area contributed by atoms with Crippen molar-refractivity contribution in [2.24, 2.45) is 0 Å². The number of carbonyl (C=O) groups excluding carboxylic acids is 2. The van der Waals surface area contributed by atoms with Gasteiger partial charge in [-0.3, -0.25) is 9.59 Å². The zero-order chi connectivity index (χ0) is 17.2. The van der Waals surface area contributed by atoms with Crippen molar-refractivity contribution in [3.63, 3.8) is 0 Å². The lowest BCUT2D eigenvalue weighted by Crippen LogP contribution is -2.30. The lowest BCUT2D eigenvalue weighted by atomic mass is 9.90. The number of anilines is 2. The Balaban J connectivity index is 1.55. The summed E-state index contributed by atoms with van der Waals surface area (Å²) in [4.78, 5) is 29.1. The summed E-state index contributed by atoms with van der Waals surface area (Å²) in [6.07, 6.45) is 0.139. The SMILES string of the molecule is O=C1CC(C(=O)Nc2nc(-c3ccccc3)cs2)c2ccccc2N1. The number of aromatic nitrogens is 1. The van der Waals surface area contributed by atoms with E-state index in [-0.39, 0.29) is 18.2 Å². The van der Waals surface area contributed by atoms with E-state index in [9.17, 15) is 9.59 Å². The Labute approximate surface area is 148 Å². The van der Waals surface area contributed by atoms with E-state index in [0.29, 0.717) is 10.8 Å². The molecule has 1 atom stereocenters. The molecule has 2 aromatic carbocycles. The molecule has 2 amide bonds. The summed E-state index contributed by atoms with van der Waals surface area (Å²) in [5, 5.41) is 8.10. The summed E-state index contributed by atoms with van der Waals surface area (Å²) in [5.41, 5.74) is 3.35. The molecule has 0 saturated carbocycles. The fraction of sp³-hybridized carbons (Fsp3) is 0.105. The minimum absolute atomic E-state index is 0.139. The van der Waals surface area contributed by atoms with Crippen LogP contribution in [0.25, 0.3) is 11.3 Å². The molecule has 2 heterocycles. The molecule has 6 heteroatoms. The van der Waals surface area contributed by atoms with Crippen molar-refractivity contribution < 1.29 is 9.59 Å². The maximum Gasteiger partial charge on any atom is 0.234 e. The average Bonchev–Trinajstić information content (AvgIpc) is 3.10. The highest BCUT2D eigenvalue weighted by molar-refractivity contribution is 7.14. The van der Waals surface area contributed by atoms with Gasteiger partial charge in [-0.05, 0) is 11.6 Å². The topological polar surface area (TPSA) is 71.1 Å². The molecular formula is C19H15N3O2S. The largest absolute Gasteiger partial charge is 0.326 e. The highest BCUT2D eigenvalue weighted by Crippen LogP contribution is 2.33. The van der Waals surface area contributed by atoms with E-state index in [1.165, 1.54) is 11.3 Å². The molecule has 1 aliphatic rings. The predicted molar refractivity (Wildman–Crippen MR) is 98.6 cm³/mol. The highest BCUT2D eigenvalue weighted by Gasteiger charge is 2.30. The van der Waals surface area contributed by atoms with Crippen molar-refractivity contribution in [1.82, 2.24) is 4.98 Å². The number of hydrogen-bond donors (Lipinski definition) is 2. The molecule has 0 aliphatic carbocycles. The van der Waals surface area contributed by atoms with Crippen LogP contribution in [-0.4, -0.2) is 16.8 Å². The van der Waals surface area contributed by atoms with E-state index < -0.39 is 5.92 Å². The van der Waals surface area contributed by atoms with Crippen LogP contribution in [0.2, 0.25) is 0 Å². The summed E-state index contributed by atoms with van der Waals surface area (Å²) in [6, 6.07) is 17.2. The number of carbonyl (C=O) groups is 2. The van der Waals surface area contributed by atoms with Crippen molar-refractivity contribution in [3.05, 3.63) is 65.5 Å². The van der Waals surface area contributed by atoms with Crippen molar-refractivity contribution in [2.75, 3.05) is 10.6 Å². The summed E-state index contributed by atoms with van der Waals surface area (Å²) >= 11 is 1.38. The predicted octanol–water partition coefficient (Wildman–Crippen LogP) is 3.87. The van der Waals surface area contributed by atoms with Gasteiger partial charge in [-0.15, -0.1) is 11.3 Å². The van der Waals surface area contributed by atoms with E-state index in [0.717, 1.165) is 16.8 Å². The van der Waals surface area contributed by atoms with Crippen LogP contribution < -0.4 is 10.6 Å². The third kappa shape index (κ3) is 3.16. The quantitative estimate of drug-likeness (QED) is 0.754. The first-order chi connectivity index (χ1) is 12.2. The second-order valence-corrected chi connectivity index (χ2v) is 6.64. The summed E-state index contributed by atoms with van der Waals surface area (Å²) in [6.45, 7) is 0. The Bertz CT molecular complexity index is 937. The molecule has 25 heavy (non-hydrogen) atoms. The van der Waals surface area contributed by atoms with Crippen LogP contribution in [0.15, 0.2) is 60.0 Å². The molecular weight excluding hydrogens is 334 g/mol. The van der Waals surface area contributed by atoms with Crippen LogP contribution in [-0.2, 0) is 9.59 Å². The first-order valence-electron chi connectivity index (χ1n) is 7.91. The molecule has 2 N–H and O–H groups in total. The van der Waals surface area contributed by atoms with Crippen LogP contribution in [0, 0.1) is 0 Å². The van der Waals surface area contributed by atoms with E-state index in [1.54, 1.807) is 0 Å². The summed E-state index contributed by atoms with van der Waals surface area (Å²) in [5.74, 6) is -0.867. The Morgan fingerprint density at radius 3 is 2.72 bits per heavy atom. The lowest BCUT2D eigenvalue weighted by molar-refractivity contribution is -0.123. The van der Waals surface area contributed by atoms with Crippen molar-refractivity contribution >= 4 is 34.0 Å². The van der Waals surface area contributed by atoms with Gasteiger partial charge >= 0.3 is 0 Å². The van der Waals surface area contributed by atoms with Crippen LogP contribution in [0.5, 0.6) is 0 Å². The number of nitrogens with zero attached hydrogens (tertiary/aromatic N) is 1. The van der Waals surface area contributed by atoms with Gasteiger partial charge in [0.2, 0.25) is 11.8 Å². The number of rotatable bonds is 3. The standard InChI is InChI=1S/C19H15N3O2S/c23-17-10-14(13-8-4-5-9-15(13)20-17)18(24)22-19-21-16(11-25-19)12-6-2-1-3-7-12/h1-9,11,14H,10H2,(H,20,23)(H,21,22,24). The average molecular weight is 349 g/mol. The zero-order valence-corrected chi connectivity index (χ0v) is 14.0. The van der Waals surface area contributed by atoms with E-state index in [1.807, 2.05) is 60.0 Å². The number of amides is 2. The maximum absolute atomic E-state index is 12.7. The van der Waals surface area contributed by atoms with Crippen molar-refractivity contribution in [3.8, 4) is 11.3 Å². The fourth-order valence-electron chi connectivity index (χ4n) is 2.91. The molecule has 0 saturated heterocycles. The molecule has 4 rings (SSSR count). The number of fused-ring (bicyclic) bond motifs is 1. The molecule has 1 aliphatic heterocycles. The van der Waals surface area contributed by atoms with Crippen LogP contribution in [0.1, 0.15) is 17.9 Å². The van der Waals surface area contributed by atoms with Gasteiger partial charge in [-0.1, -0.05) is 48.5 Å². The molecule has 0 bridgehead atoms. The molecule has 124 valence electrons. The number of benzene rings is 2. The Hall–Kier alpha value is -2.99. The molecule has 0 radical (unpaired) electrons. The van der Waals surface area contributed by atoms with E-state index in [4.69, 9.17) is 0 Å². The number of para-hydroxylation sites is 1. The molecule has 0 spiro atoms. The van der Waals surface area contributed by atoms with Gasteiger partial charge in [0.05, 0.1) is 11.6 Å². The van der Waals surface area contributed by atoms with Crippen molar-refractivity contribution in [1.29, 1.82) is 0 Å². The maximum atomic E-state index is 12.7. The fourth-order valence-corrected chi connectivity index (χ4v) is 3.63. The minimum Gasteiger partial charge on any atom is -0.326 e. The minimum atomic E-state index is -0.506. The number of nitrogens with one attached hydrogen (secondary N) is 2. The number of thiazole rings is 1.